The van der Waals surface area contributed by atoms with Gasteiger partial charge in [-0.05, 0) is 25.1 Å². The highest BCUT2D eigenvalue weighted by Gasteiger charge is 2.18. The van der Waals surface area contributed by atoms with Gasteiger partial charge in [0.15, 0.2) is 0 Å². The smallest absolute Gasteiger partial charge is 0.397 e. The lowest BCUT2D eigenvalue weighted by molar-refractivity contribution is 0.0470. The summed E-state index contributed by atoms with van der Waals surface area (Å²) >= 11 is 11.8. The van der Waals surface area contributed by atoms with E-state index in [1.807, 2.05) is 0 Å². The van der Waals surface area contributed by atoms with Gasteiger partial charge < -0.3 is 9.26 Å². The fourth-order valence-corrected chi connectivity index (χ4v) is 1.65. The van der Waals surface area contributed by atoms with Gasteiger partial charge in [0.25, 0.3) is 0 Å². The number of hydrogen-bond donors (Lipinski definition) is 0. The molecule has 0 fully saturated rings. The lowest BCUT2D eigenvalue weighted by Gasteiger charge is -1.98. The van der Waals surface area contributed by atoms with Crippen LogP contribution in [0.2, 0.25) is 10.0 Å². The van der Waals surface area contributed by atoms with Crippen LogP contribution in [0.3, 0.4) is 0 Å². The van der Waals surface area contributed by atoms with Crippen LogP contribution in [-0.2, 0) is 4.74 Å². The van der Waals surface area contributed by atoms with Gasteiger partial charge in [-0.3, -0.25) is 0 Å². The molecule has 1 heterocycles. The molecule has 0 spiro atoms. The van der Waals surface area contributed by atoms with Crippen LogP contribution in [0.25, 0.3) is 11.4 Å². The van der Waals surface area contributed by atoms with Crippen molar-refractivity contribution < 1.29 is 14.1 Å². The summed E-state index contributed by atoms with van der Waals surface area (Å²) in [5.74, 6) is -0.706. The van der Waals surface area contributed by atoms with Crippen molar-refractivity contribution in [2.45, 2.75) is 6.92 Å². The number of aromatic nitrogens is 2. The maximum atomic E-state index is 11.4. The zero-order chi connectivity index (χ0) is 13.1. The lowest BCUT2D eigenvalue weighted by atomic mass is 10.2. The summed E-state index contributed by atoms with van der Waals surface area (Å²) in [4.78, 5) is 15.3. The van der Waals surface area contributed by atoms with Crippen LogP contribution in [0.5, 0.6) is 0 Å². The molecule has 5 nitrogen and oxygen atoms in total. The van der Waals surface area contributed by atoms with E-state index in [1.165, 1.54) is 0 Å². The largest absolute Gasteiger partial charge is 0.459 e. The van der Waals surface area contributed by atoms with Crippen molar-refractivity contribution in [2.75, 3.05) is 6.61 Å². The Balaban J connectivity index is 2.35. The van der Waals surface area contributed by atoms with Crippen molar-refractivity contribution in [3.05, 3.63) is 34.1 Å². The number of esters is 1. The van der Waals surface area contributed by atoms with Crippen LogP contribution in [0, 0.1) is 0 Å². The van der Waals surface area contributed by atoms with Crippen molar-refractivity contribution in [2.24, 2.45) is 0 Å². The Morgan fingerprint density at radius 2 is 2.22 bits per heavy atom. The summed E-state index contributed by atoms with van der Waals surface area (Å²) in [6.45, 7) is 1.91. The van der Waals surface area contributed by atoms with Gasteiger partial charge in [0.05, 0.1) is 11.6 Å². The van der Waals surface area contributed by atoms with Gasteiger partial charge in [-0.1, -0.05) is 28.4 Å². The summed E-state index contributed by atoms with van der Waals surface area (Å²) in [5.41, 5.74) is 0.489. The molecule has 0 aliphatic heterocycles. The highest BCUT2D eigenvalue weighted by molar-refractivity contribution is 6.35. The number of halogens is 2. The maximum Gasteiger partial charge on any atom is 0.397 e. The number of nitrogens with zero attached hydrogens (tertiary/aromatic N) is 2. The highest BCUT2D eigenvalue weighted by atomic mass is 35.5. The van der Waals surface area contributed by atoms with Gasteiger partial charge in [-0.15, -0.1) is 0 Å². The number of carbonyl (C=O) groups is 1. The number of carbonyl (C=O) groups excluding carboxylic acids is 1. The molecule has 0 N–H and O–H groups in total. The molecule has 0 amide bonds. The van der Waals surface area contributed by atoms with Gasteiger partial charge >= 0.3 is 11.9 Å². The van der Waals surface area contributed by atoms with Gasteiger partial charge in [0.1, 0.15) is 0 Å². The molecule has 0 aliphatic rings. The van der Waals surface area contributed by atoms with E-state index in [0.29, 0.717) is 15.6 Å². The Hall–Kier alpha value is -1.59. The Kier molecular flexibility index (Phi) is 3.84. The van der Waals surface area contributed by atoms with E-state index < -0.39 is 5.97 Å². The molecule has 1 aromatic carbocycles. The Morgan fingerprint density at radius 1 is 1.44 bits per heavy atom. The first-order valence-corrected chi connectivity index (χ1v) is 5.83. The van der Waals surface area contributed by atoms with Gasteiger partial charge in [-0.2, -0.15) is 4.98 Å². The summed E-state index contributed by atoms with van der Waals surface area (Å²) in [6, 6.07) is 4.84. The highest BCUT2D eigenvalue weighted by Crippen LogP contribution is 2.28. The first-order valence-electron chi connectivity index (χ1n) is 5.08. The Morgan fingerprint density at radius 3 is 2.94 bits per heavy atom. The number of rotatable bonds is 3. The molecule has 0 radical (unpaired) electrons. The monoisotopic (exact) mass is 286 g/mol. The summed E-state index contributed by atoms with van der Waals surface area (Å²) in [5, 5.41) is 4.56. The molecule has 94 valence electrons. The molecule has 2 aromatic rings. The van der Waals surface area contributed by atoms with E-state index in [4.69, 9.17) is 32.5 Å². The zero-order valence-corrected chi connectivity index (χ0v) is 10.8. The lowest BCUT2D eigenvalue weighted by Crippen LogP contribution is -2.04. The van der Waals surface area contributed by atoms with Crippen molar-refractivity contribution in [3.63, 3.8) is 0 Å². The molecule has 7 heteroatoms. The normalized spacial score (nSPS) is 10.4. The van der Waals surface area contributed by atoms with Crippen molar-refractivity contribution in [1.82, 2.24) is 10.1 Å². The maximum absolute atomic E-state index is 11.4. The third-order valence-electron chi connectivity index (χ3n) is 2.05. The Bertz CT molecular complexity index is 583. The molecule has 0 aliphatic carbocycles. The average molecular weight is 287 g/mol. The number of hydrogen-bond acceptors (Lipinski definition) is 5. The summed E-state index contributed by atoms with van der Waals surface area (Å²) < 4.78 is 9.53. The summed E-state index contributed by atoms with van der Waals surface area (Å²) in [7, 11) is 0. The third-order valence-corrected chi connectivity index (χ3v) is 2.61. The molecule has 2 rings (SSSR count). The van der Waals surface area contributed by atoms with Gasteiger partial charge in [-0.25, -0.2) is 4.79 Å². The van der Waals surface area contributed by atoms with Crippen LogP contribution in [0.4, 0.5) is 0 Å². The fraction of sp³-hybridized carbons (Fsp3) is 0.182. The zero-order valence-electron chi connectivity index (χ0n) is 9.31. The van der Waals surface area contributed by atoms with Crippen molar-refractivity contribution >= 4 is 29.2 Å². The van der Waals surface area contributed by atoms with Crippen LogP contribution in [-0.4, -0.2) is 22.7 Å². The summed E-state index contributed by atoms with van der Waals surface area (Å²) in [6.07, 6.45) is 0. The average Bonchev–Trinajstić information content (AvgIpc) is 2.82. The predicted molar refractivity (Wildman–Crippen MR) is 65.7 cm³/mol. The molecule has 18 heavy (non-hydrogen) atoms. The molecule has 0 saturated heterocycles. The van der Waals surface area contributed by atoms with Crippen molar-refractivity contribution in [3.8, 4) is 11.4 Å². The van der Waals surface area contributed by atoms with E-state index in [2.05, 4.69) is 10.1 Å². The third kappa shape index (κ3) is 2.63. The van der Waals surface area contributed by atoms with E-state index in [0.717, 1.165) is 0 Å². The standard InChI is InChI=1S/C11H8Cl2N2O3/c1-2-17-11(16)10-14-9(15-18-10)7-5-6(12)3-4-8(7)13/h3-5H,2H2,1H3. The second kappa shape index (κ2) is 5.37. The first kappa shape index (κ1) is 12.9. The second-order valence-electron chi connectivity index (χ2n) is 3.27. The molecule has 0 saturated carbocycles. The van der Waals surface area contributed by atoms with Crippen molar-refractivity contribution in [1.29, 1.82) is 0 Å². The fourth-order valence-electron chi connectivity index (χ4n) is 1.28. The van der Waals surface area contributed by atoms with Gasteiger partial charge in [0, 0.05) is 10.6 Å². The van der Waals surface area contributed by atoms with E-state index in [-0.39, 0.29) is 18.3 Å². The molecule has 1 aromatic heterocycles. The Labute approximate surface area is 113 Å². The number of benzene rings is 1. The second-order valence-corrected chi connectivity index (χ2v) is 4.11. The van der Waals surface area contributed by atoms with E-state index in [1.54, 1.807) is 25.1 Å². The van der Waals surface area contributed by atoms with Crippen LogP contribution >= 0.6 is 23.2 Å². The van der Waals surface area contributed by atoms with E-state index >= 15 is 0 Å². The predicted octanol–water partition coefficient (Wildman–Crippen LogP) is 3.22. The van der Waals surface area contributed by atoms with Gasteiger partial charge in [0.2, 0.25) is 5.82 Å². The van der Waals surface area contributed by atoms with E-state index in [9.17, 15) is 4.79 Å². The number of ether oxygens (including phenoxy) is 1. The minimum absolute atomic E-state index is 0.186. The topological polar surface area (TPSA) is 65.2 Å². The first-order chi connectivity index (χ1) is 8.61. The minimum atomic E-state index is -0.672. The SMILES string of the molecule is CCOC(=O)c1nc(-c2cc(Cl)ccc2Cl)no1. The quantitative estimate of drug-likeness (QED) is 0.811. The van der Waals surface area contributed by atoms with Crippen LogP contribution in [0.15, 0.2) is 22.7 Å². The molecular formula is C11H8Cl2N2O3. The van der Waals surface area contributed by atoms with Crippen LogP contribution in [0.1, 0.15) is 17.6 Å². The molecule has 0 unspecified atom stereocenters. The molecule has 0 bridgehead atoms. The molecule has 0 atom stereocenters. The minimum Gasteiger partial charge on any atom is -0.459 e. The van der Waals surface area contributed by atoms with Crippen LogP contribution < -0.4 is 0 Å². The molecular weight excluding hydrogens is 279 g/mol.